The summed E-state index contributed by atoms with van der Waals surface area (Å²) in [6, 6.07) is 15.0. The van der Waals surface area contributed by atoms with Gasteiger partial charge in [-0.15, -0.1) is 0 Å². The van der Waals surface area contributed by atoms with Crippen molar-refractivity contribution in [1.82, 2.24) is 14.9 Å². The molecule has 0 bridgehead atoms. The van der Waals surface area contributed by atoms with Gasteiger partial charge in [-0.25, -0.2) is 4.98 Å². The number of hydrogen-bond donors (Lipinski definition) is 1. The van der Waals surface area contributed by atoms with Crippen LogP contribution < -0.4 is 20.1 Å². The lowest BCUT2D eigenvalue weighted by Gasteiger charge is -2.44. The predicted molar refractivity (Wildman–Crippen MR) is 149 cm³/mol. The highest BCUT2D eigenvalue weighted by molar-refractivity contribution is 7.99. The Morgan fingerprint density at radius 2 is 1.84 bits per heavy atom. The number of rotatable bonds is 10. The molecule has 3 aromatic rings. The molecular weight excluding hydrogens is 498 g/mol. The van der Waals surface area contributed by atoms with Gasteiger partial charge in [-0.05, 0) is 74.6 Å². The van der Waals surface area contributed by atoms with Crippen molar-refractivity contribution in [2.75, 3.05) is 38.2 Å². The number of carbonyl (C=O) groups excluding carboxylic acids is 1. The van der Waals surface area contributed by atoms with Crippen LogP contribution in [-0.2, 0) is 6.61 Å². The quantitative estimate of drug-likeness (QED) is 0.403. The van der Waals surface area contributed by atoms with Gasteiger partial charge in [0.1, 0.15) is 12.4 Å². The van der Waals surface area contributed by atoms with E-state index < -0.39 is 5.91 Å². The lowest BCUT2D eigenvalue weighted by Crippen LogP contribution is -2.55. The van der Waals surface area contributed by atoms with Crippen LogP contribution in [-0.4, -0.2) is 59.6 Å². The number of aromatic nitrogens is 2. The lowest BCUT2D eigenvalue weighted by molar-refractivity contribution is 0.0915. The third kappa shape index (κ3) is 6.05. The van der Waals surface area contributed by atoms with Crippen molar-refractivity contribution in [3.63, 3.8) is 0 Å². The van der Waals surface area contributed by atoms with Crippen molar-refractivity contribution in [3.05, 3.63) is 65.9 Å². The molecule has 0 spiro atoms. The van der Waals surface area contributed by atoms with E-state index in [2.05, 4.69) is 23.6 Å². The van der Waals surface area contributed by atoms with E-state index in [-0.39, 0.29) is 5.54 Å². The highest BCUT2D eigenvalue weighted by Gasteiger charge is 2.42. The van der Waals surface area contributed by atoms with E-state index in [4.69, 9.17) is 25.2 Å². The lowest BCUT2D eigenvalue weighted by atomic mass is 9.95. The molecule has 5 rings (SSSR count). The first-order valence-corrected chi connectivity index (χ1v) is 13.9. The molecule has 200 valence electrons. The predicted octanol–water partition coefficient (Wildman–Crippen LogP) is 4.62. The van der Waals surface area contributed by atoms with Gasteiger partial charge in [-0.2, -0.15) is 4.98 Å². The summed E-state index contributed by atoms with van der Waals surface area (Å²) >= 11 is 1.49. The summed E-state index contributed by atoms with van der Waals surface area (Å²) in [7, 11) is 1.65. The van der Waals surface area contributed by atoms with Crippen LogP contribution in [0.4, 0.5) is 5.95 Å². The first-order chi connectivity index (χ1) is 18.3. The van der Waals surface area contributed by atoms with Crippen LogP contribution in [0.15, 0.2) is 64.5 Å². The zero-order chi connectivity index (χ0) is 26.7. The topological polar surface area (TPSA) is 93.8 Å². The van der Waals surface area contributed by atoms with Gasteiger partial charge in [0.05, 0.1) is 18.2 Å². The van der Waals surface area contributed by atoms with Crippen LogP contribution in [0.1, 0.15) is 42.6 Å². The molecular formula is C29H35N5O3S. The number of carbonyl (C=O) groups is 1. The van der Waals surface area contributed by atoms with Crippen LogP contribution in [0.2, 0.25) is 0 Å². The van der Waals surface area contributed by atoms with Crippen molar-refractivity contribution in [1.29, 1.82) is 0 Å². The molecule has 1 aromatic heterocycles. The standard InChI is InChI=1S/C29H35N5O3S/c1-29(2,22-9-10-22)34-15-13-33(14-16-34)28-31-18-25(38-24-11-7-21(8-12-24)26(30)35)27(32-28)37-19-20-5-4-6-23(17-20)36-3/h4-8,11-12,17-18,22H,9-10,13-16,19H2,1-3H3,(H2,30,35). The van der Waals surface area contributed by atoms with E-state index >= 15 is 0 Å². The Morgan fingerprint density at radius 1 is 1.11 bits per heavy atom. The van der Waals surface area contributed by atoms with E-state index in [1.807, 2.05) is 42.6 Å². The molecule has 0 unspecified atom stereocenters. The Morgan fingerprint density at radius 3 is 2.50 bits per heavy atom. The van der Waals surface area contributed by atoms with E-state index in [9.17, 15) is 4.79 Å². The van der Waals surface area contributed by atoms with Crippen molar-refractivity contribution in [2.24, 2.45) is 11.7 Å². The van der Waals surface area contributed by atoms with E-state index in [1.165, 1.54) is 24.6 Å². The molecule has 2 fully saturated rings. The molecule has 2 aliphatic rings. The van der Waals surface area contributed by atoms with Gasteiger partial charge in [0.15, 0.2) is 0 Å². The molecule has 1 aliphatic heterocycles. The first-order valence-electron chi connectivity index (χ1n) is 13.0. The van der Waals surface area contributed by atoms with Crippen molar-refractivity contribution >= 4 is 23.6 Å². The van der Waals surface area contributed by atoms with Crippen LogP contribution in [0.3, 0.4) is 0 Å². The molecule has 2 N–H and O–H groups in total. The molecule has 9 heteroatoms. The highest BCUT2D eigenvalue weighted by atomic mass is 32.2. The number of ether oxygens (including phenoxy) is 2. The monoisotopic (exact) mass is 533 g/mol. The van der Waals surface area contributed by atoms with Gasteiger partial charge < -0.3 is 20.1 Å². The number of primary amides is 1. The first kappa shape index (κ1) is 26.3. The minimum atomic E-state index is -0.447. The molecule has 0 atom stereocenters. The fourth-order valence-electron chi connectivity index (χ4n) is 4.93. The summed E-state index contributed by atoms with van der Waals surface area (Å²) in [4.78, 5) is 27.6. The molecule has 2 aromatic carbocycles. The third-order valence-corrected chi connectivity index (χ3v) is 8.55. The Hall–Kier alpha value is -3.30. The van der Waals surface area contributed by atoms with Gasteiger partial charge in [0.2, 0.25) is 17.7 Å². The van der Waals surface area contributed by atoms with E-state index in [1.54, 1.807) is 19.2 Å². The summed E-state index contributed by atoms with van der Waals surface area (Å²) in [5.74, 6) is 2.36. The largest absolute Gasteiger partial charge is 0.497 e. The number of anilines is 1. The summed E-state index contributed by atoms with van der Waals surface area (Å²) < 4.78 is 11.6. The van der Waals surface area contributed by atoms with Crippen LogP contribution in [0, 0.1) is 5.92 Å². The van der Waals surface area contributed by atoms with Crippen LogP contribution in [0.25, 0.3) is 0 Å². The Labute approximate surface area is 228 Å². The molecule has 1 amide bonds. The number of nitrogens with two attached hydrogens (primary N) is 1. The maximum Gasteiger partial charge on any atom is 0.248 e. The second kappa shape index (κ2) is 11.2. The number of benzene rings is 2. The average molecular weight is 534 g/mol. The minimum Gasteiger partial charge on any atom is -0.497 e. The zero-order valence-electron chi connectivity index (χ0n) is 22.2. The molecule has 8 nitrogen and oxygen atoms in total. The Kier molecular flexibility index (Phi) is 7.76. The summed E-state index contributed by atoms with van der Waals surface area (Å²) in [6.45, 7) is 8.86. The molecule has 1 aliphatic carbocycles. The second-order valence-corrected chi connectivity index (χ2v) is 11.5. The van der Waals surface area contributed by atoms with Crippen molar-refractivity contribution in [3.8, 4) is 11.6 Å². The van der Waals surface area contributed by atoms with Crippen molar-refractivity contribution in [2.45, 2.75) is 48.6 Å². The number of methoxy groups -OCH3 is 1. The van der Waals surface area contributed by atoms with Crippen molar-refractivity contribution < 1.29 is 14.3 Å². The second-order valence-electron chi connectivity index (χ2n) is 10.4. The van der Waals surface area contributed by atoms with Gasteiger partial charge >= 0.3 is 0 Å². The van der Waals surface area contributed by atoms with Gasteiger partial charge in [-0.3, -0.25) is 9.69 Å². The molecule has 38 heavy (non-hydrogen) atoms. The zero-order valence-corrected chi connectivity index (χ0v) is 23.0. The maximum atomic E-state index is 11.4. The molecule has 2 heterocycles. The molecule has 1 saturated carbocycles. The fraction of sp³-hybridized carbons (Fsp3) is 0.414. The fourth-order valence-corrected chi connectivity index (χ4v) is 5.75. The van der Waals surface area contributed by atoms with Gasteiger partial charge in [-0.1, -0.05) is 23.9 Å². The van der Waals surface area contributed by atoms with Gasteiger partial charge in [0, 0.05) is 42.2 Å². The Balaban J connectivity index is 1.34. The summed E-state index contributed by atoms with van der Waals surface area (Å²) in [5.41, 5.74) is 7.10. The highest BCUT2D eigenvalue weighted by Crippen LogP contribution is 2.43. The summed E-state index contributed by atoms with van der Waals surface area (Å²) in [6.07, 6.45) is 4.51. The SMILES string of the molecule is COc1cccc(COc2nc(N3CCN(C(C)(C)C4CC4)CC3)ncc2Sc2ccc(C(N)=O)cc2)c1. The average Bonchev–Trinajstić information content (AvgIpc) is 3.80. The molecule has 0 radical (unpaired) electrons. The van der Waals surface area contributed by atoms with Crippen LogP contribution >= 0.6 is 11.8 Å². The normalized spacial score (nSPS) is 16.3. The summed E-state index contributed by atoms with van der Waals surface area (Å²) in [5, 5.41) is 0. The number of piperazine rings is 1. The Bertz CT molecular complexity index is 1270. The number of hydrogen-bond acceptors (Lipinski definition) is 8. The number of nitrogens with zero attached hydrogens (tertiary/aromatic N) is 4. The van der Waals surface area contributed by atoms with E-state index in [0.29, 0.717) is 24.0 Å². The third-order valence-electron chi connectivity index (χ3n) is 7.54. The number of amides is 1. The van der Waals surface area contributed by atoms with Crippen LogP contribution in [0.5, 0.6) is 11.6 Å². The molecule has 1 saturated heterocycles. The smallest absolute Gasteiger partial charge is 0.248 e. The van der Waals surface area contributed by atoms with E-state index in [0.717, 1.165) is 53.2 Å². The van der Waals surface area contributed by atoms with Gasteiger partial charge in [0.25, 0.3) is 0 Å². The maximum absolute atomic E-state index is 11.4. The minimum absolute atomic E-state index is 0.252.